The maximum atomic E-state index is 12.4. The summed E-state index contributed by atoms with van der Waals surface area (Å²) in [5, 5.41) is 8.99. The Morgan fingerprint density at radius 2 is 1.40 bits per heavy atom. The highest BCUT2D eigenvalue weighted by Crippen LogP contribution is 2.41. The molecule has 1 amide bonds. The second-order valence-electron chi connectivity index (χ2n) is 12.0. The summed E-state index contributed by atoms with van der Waals surface area (Å²) in [6, 6.07) is 11.0. The van der Waals surface area contributed by atoms with E-state index in [1.807, 2.05) is 14.7 Å². The average molecular weight is 599 g/mol. The molecule has 1 N–H and O–H groups in total. The van der Waals surface area contributed by atoms with Gasteiger partial charge < -0.3 is 29.6 Å². The highest BCUT2D eigenvalue weighted by Gasteiger charge is 2.44. The van der Waals surface area contributed by atoms with Gasteiger partial charge in [0.25, 0.3) is 0 Å². The van der Waals surface area contributed by atoms with E-state index in [0.29, 0.717) is 23.6 Å². The molecule has 1 aliphatic carbocycles. The van der Waals surface area contributed by atoms with E-state index in [2.05, 4.69) is 40.1 Å². The number of halogens is 1. The zero-order valence-corrected chi connectivity index (χ0v) is 25.4. The van der Waals surface area contributed by atoms with Crippen molar-refractivity contribution in [3.8, 4) is 0 Å². The minimum absolute atomic E-state index is 0. The van der Waals surface area contributed by atoms with Gasteiger partial charge >= 0.3 is 6.09 Å². The third-order valence-electron chi connectivity index (χ3n) is 9.27. The molecule has 11 heteroatoms. The predicted molar refractivity (Wildman–Crippen MR) is 162 cm³/mol. The minimum Gasteiger partial charge on any atom is -0.465 e. The largest absolute Gasteiger partial charge is 0.465 e. The molecule has 0 saturated carbocycles. The quantitative estimate of drug-likeness (QED) is 0.358. The predicted octanol–water partition coefficient (Wildman–Crippen LogP) is 2.29. The van der Waals surface area contributed by atoms with Crippen LogP contribution in [-0.2, 0) is 15.1 Å². The van der Waals surface area contributed by atoms with Crippen LogP contribution in [0, 0.1) is 0 Å². The maximum Gasteiger partial charge on any atom is 0.407 e. The molecule has 0 atom stereocenters. The molecular formula is C31H43ClN6O4. The first-order chi connectivity index (χ1) is 19.9. The summed E-state index contributed by atoms with van der Waals surface area (Å²) in [7, 11) is 1.64. The molecule has 0 unspecified atom stereocenters. The number of carbonyl (C=O) groups is 3. The van der Waals surface area contributed by atoms with Crippen molar-refractivity contribution in [2.45, 2.75) is 31.2 Å². The van der Waals surface area contributed by atoms with Crippen molar-refractivity contribution in [2.75, 3.05) is 85.6 Å². The zero-order valence-electron chi connectivity index (χ0n) is 24.5. The van der Waals surface area contributed by atoms with Gasteiger partial charge in [0, 0.05) is 84.1 Å². The fourth-order valence-corrected chi connectivity index (χ4v) is 6.49. The van der Waals surface area contributed by atoms with Crippen LogP contribution in [0.15, 0.2) is 53.5 Å². The van der Waals surface area contributed by atoms with Crippen molar-refractivity contribution < 1.29 is 19.5 Å². The van der Waals surface area contributed by atoms with Crippen LogP contribution < -0.4 is 0 Å². The molecule has 0 bridgehead atoms. The number of Topliss-reactive ketones (excluding diaryl/α,β-unsaturated/α-hetero) is 1. The van der Waals surface area contributed by atoms with E-state index in [0.717, 1.165) is 71.7 Å². The van der Waals surface area contributed by atoms with Crippen molar-refractivity contribution in [3.63, 3.8) is 0 Å². The Bertz CT molecular complexity index is 1230. The molecule has 0 aromatic heterocycles. The lowest BCUT2D eigenvalue weighted by Gasteiger charge is -2.48. The monoisotopic (exact) mass is 598 g/mol. The van der Waals surface area contributed by atoms with Gasteiger partial charge in [0.2, 0.25) is 11.6 Å². The number of piperidine rings is 1. The van der Waals surface area contributed by atoms with Crippen LogP contribution in [0.5, 0.6) is 0 Å². The number of carboxylic acid groups (broad SMARTS) is 1. The number of ketones is 2. The lowest BCUT2D eigenvalue weighted by atomic mass is 9.79. The van der Waals surface area contributed by atoms with Crippen molar-refractivity contribution in [1.82, 2.24) is 29.4 Å². The van der Waals surface area contributed by atoms with Gasteiger partial charge in [-0.05, 0) is 44.3 Å². The number of nitrogens with zero attached hydrogens (tertiary/aromatic N) is 6. The van der Waals surface area contributed by atoms with Crippen molar-refractivity contribution in [3.05, 3.63) is 59.1 Å². The summed E-state index contributed by atoms with van der Waals surface area (Å²) in [6.45, 7) is 11.3. The fourth-order valence-electron chi connectivity index (χ4n) is 6.49. The number of rotatable bonds is 8. The lowest BCUT2D eigenvalue weighted by molar-refractivity contribution is -0.117. The number of likely N-dealkylation sites (N-methyl/N-ethyl adjacent to an activating group) is 1. The van der Waals surface area contributed by atoms with Gasteiger partial charge in [-0.25, -0.2) is 4.79 Å². The van der Waals surface area contributed by atoms with Crippen LogP contribution >= 0.6 is 12.4 Å². The summed E-state index contributed by atoms with van der Waals surface area (Å²) in [5.74, 6) is 0.0485. The number of benzene rings is 1. The fraction of sp³-hybridized carbons (Fsp3) is 0.581. The van der Waals surface area contributed by atoms with Crippen LogP contribution in [-0.4, -0.2) is 138 Å². The van der Waals surface area contributed by atoms with Crippen LogP contribution in [0.2, 0.25) is 0 Å². The molecule has 5 heterocycles. The standard InChI is InChI=1S/C19H29N3O2.C12H13N3O2.ClH/c1-20(18(23)24)15-16-21-13-9-19(10-14-21,22-11-5-6-12-22)17-7-3-2-4-8-17;16-9-7-8(13-1-2-13)12(17)11(15-5-6-15)10(9)14-3-4-14;/h2-4,7-8H,5-6,9-16H2,1H3,(H,23,24);7H,1-6H2;1H. The molecule has 42 heavy (non-hydrogen) atoms. The van der Waals surface area contributed by atoms with E-state index in [1.54, 1.807) is 7.05 Å². The van der Waals surface area contributed by atoms with E-state index in [9.17, 15) is 14.4 Å². The highest BCUT2D eigenvalue weighted by atomic mass is 35.5. The molecule has 5 saturated heterocycles. The first-order valence-electron chi connectivity index (χ1n) is 15.1. The van der Waals surface area contributed by atoms with Crippen LogP contribution in [0.1, 0.15) is 31.2 Å². The Labute approximate surface area is 254 Å². The molecule has 7 rings (SSSR count). The van der Waals surface area contributed by atoms with E-state index in [4.69, 9.17) is 5.11 Å². The molecule has 1 aromatic rings. The molecule has 228 valence electrons. The third-order valence-corrected chi connectivity index (χ3v) is 9.27. The van der Waals surface area contributed by atoms with E-state index in [-0.39, 0.29) is 29.5 Å². The third kappa shape index (κ3) is 6.45. The van der Waals surface area contributed by atoms with Gasteiger partial charge in [-0.3, -0.25) is 14.5 Å². The second kappa shape index (κ2) is 12.7. The van der Waals surface area contributed by atoms with Crippen LogP contribution in [0.3, 0.4) is 0 Å². The molecule has 1 aromatic carbocycles. The van der Waals surface area contributed by atoms with Gasteiger partial charge in [-0.15, -0.1) is 12.4 Å². The average Bonchev–Trinajstić information content (AvgIpc) is 3.86. The maximum absolute atomic E-state index is 12.4. The summed E-state index contributed by atoms with van der Waals surface area (Å²) < 4.78 is 0. The summed E-state index contributed by atoms with van der Waals surface area (Å²) >= 11 is 0. The summed E-state index contributed by atoms with van der Waals surface area (Å²) in [6.07, 6.45) is 5.56. The number of hydrogen-bond acceptors (Lipinski definition) is 8. The second-order valence-corrected chi connectivity index (χ2v) is 12.0. The highest BCUT2D eigenvalue weighted by molar-refractivity contribution is 6.22. The normalized spacial score (nSPS) is 23.2. The van der Waals surface area contributed by atoms with Gasteiger partial charge in [0.15, 0.2) is 0 Å². The summed E-state index contributed by atoms with van der Waals surface area (Å²) in [4.78, 5) is 47.9. The van der Waals surface area contributed by atoms with Crippen LogP contribution in [0.25, 0.3) is 0 Å². The first-order valence-corrected chi connectivity index (χ1v) is 15.1. The molecule has 0 radical (unpaired) electrons. The molecule has 10 nitrogen and oxygen atoms in total. The Hall–Kier alpha value is -3.08. The van der Waals surface area contributed by atoms with Gasteiger partial charge in [0.1, 0.15) is 11.4 Å². The minimum atomic E-state index is -0.845. The van der Waals surface area contributed by atoms with E-state index in [1.165, 1.54) is 42.5 Å². The molecule has 5 aliphatic heterocycles. The summed E-state index contributed by atoms with van der Waals surface area (Å²) in [5.41, 5.74) is 3.51. The van der Waals surface area contributed by atoms with Crippen LogP contribution in [0.4, 0.5) is 4.79 Å². The molecule has 6 aliphatic rings. The SMILES string of the molecule is CN(CCN1CCC(c2ccccc2)(N2CCCC2)CC1)C(=O)O.Cl.O=C1C=C(N2CC2)C(=O)C(N2CC2)=C1N1CC1. The molecule has 0 spiro atoms. The smallest absolute Gasteiger partial charge is 0.407 e. The molecule has 5 fully saturated rings. The van der Waals surface area contributed by atoms with E-state index < -0.39 is 6.09 Å². The van der Waals surface area contributed by atoms with Crippen molar-refractivity contribution in [2.24, 2.45) is 0 Å². The van der Waals surface area contributed by atoms with Gasteiger partial charge in [-0.1, -0.05) is 30.3 Å². The van der Waals surface area contributed by atoms with Crippen molar-refractivity contribution in [1.29, 1.82) is 0 Å². The van der Waals surface area contributed by atoms with Gasteiger partial charge in [-0.2, -0.15) is 0 Å². The Morgan fingerprint density at radius 3 is 1.95 bits per heavy atom. The Kier molecular flexibility index (Phi) is 9.15. The number of allylic oxidation sites excluding steroid dienone is 1. The lowest BCUT2D eigenvalue weighted by Crippen LogP contribution is -2.53. The Morgan fingerprint density at radius 1 is 0.833 bits per heavy atom. The van der Waals surface area contributed by atoms with Gasteiger partial charge in [0.05, 0.1) is 5.70 Å². The first kappa shape index (κ1) is 30.4. The number of amides is 1. The Balaban J connectivity index is 0.000000172. The topological polar surface area (TPSA) is 90.2 Å². The number of carbonyl (C=O) groups excluding carboxylic acids is 2. The molecular weight excluding hydrogens is 556 g/mol. The van der Waals surface area contributed by atoms with E-state index >= 15 is 0 Å². The number of hydrogen-bond donors (Lipinski definition) is 1. The van der Waals surface area contributed by atoms with Crippen molar-refractivity contribution >= 4 is 30.1 Å². The zero-order chi connectivity index (χ0) is 28.6. The number of likely N-dealkylation sites (tertiary alicyclic amines) is 2.